The third kappa shape index (κ3) is 2.57. The Kier molecular flexibility index (Phi) is 3.89. The highest BCUT2D eigenvalue weighted by Crippen LogP contribution is 2.27. The van der Waals surface area contributed by atoms with Crippen LogP contribution < -0.4 is 5.73 Å². The summed E-state index contributed by atoms with van der Waals surface area (Å²) in [7, 11) is 0. The zero-order valence-electron chi connectivity index (χ0n) is 8.71. The van der Waals surface area contributed by atoms with Gasteiger partial charge in [0.2, 0.25) is 17.5 Å². The third-order valence-corrected chi connectivity index (χ3v) is 2.15. The summed E-state index contributed by atoms with van der Waals surface area (Å²) in [5, 5.41) is 28.8. The largest absolute Gasteiger partial charge is 0.385 e. The van der Waals surface area contributed by atoms with Gasteiger partial charge in [0.1, 0.15) is 6.10 Å². The van der Waals surface area contributed by atoms with Crippen molar-refractivity contribution in [1.29, 1.82) is 0 Å². The molecule has 1 rings (SSSR count). The quantitative estimate of drug-likeness (QED) is 0.509. The lowest BCUT2D eigenvalue weighted by Gasteiger charge is -2.15. The third-order valence-electron chi connectivity index (χ3n) is 2.15. The maximum Gasteiger partial charge on any atom is 0.340 e. The summed E-state index contributed by atoms with van der Waals surface area (Å²) in [6.07, 6.45) is -4.06. The van der Waals surface area contributed by atoms with E-state index >= 15 is 0 Å². The number of hydrogen-bond acceptors (Lipinski definition) is 5. The van der Waals surface area contributed by atoms with Gasteiger partial charge in [0.25, 0.3) is 0 Å². The molecule has 4 N–H and O–H groups in total. The van der Waals surface area contributed by atoms with E-state index in [1.165, 1.54) is 0 Å². The number of rotatable bonds is 4. The van der Waals surface area contributed by atoms with Gasteiger partial charge < -0.3 is 15.9 Å². The molecule has 0 aliphatic rings. The van der Waals surface area contributed by atoms with Gasteiger partial charge in [0.05, 0.1) is 4.92 Å². The minimum absolute atomic E-state index is 0.442. The van der Waals surface area contributed by atoms with Gasteiger partial charge in [-0.2, -0.15) is 8.78 Å². The first-order chi connectivity index (χ1) is 8.25. The van der Waals surface area contributed by atoms with Gasteiger partial charge in [-0.15, -0.1) is 0 Å². The zero-order chi connectivity index (χ0) is 14.0. The number of carbonyl (C=O) groups excluding carboxylic acids is 1. The lowest BCUT2D eigenvalue weighted by molar-refractivity contribution is -0.390. The molecule has 0 spiro atoms. The average Bonchev–Trinajstić information content (AvgIpc) is 2.25. The summed E-state index contributed by atoms with van der Waals surface area (Å²) in [5.41, 5.74) is 2.75. The van der Waals surface area contributed by atoms with E-state index in [0.717, 1.165) is 0 Å². The maximum atomic E-state index is 13.2. The number of benzene rings is 1. The molecule has 98 valence electrons. The van der Waals surface area contributed by atoms with Gasteiger partial charge in [-0.05, 0) is 17.7 Å². The Morgan fingerprint density at radius 3 is 2.11 bits per heavy atom. The SMILES string of the molecule is NC(=O)C(O)C(O)c1cc(F)c([N+](=O)[O-])c(F)c1. The van der Waals surface area contributed by atoms with Crippen LogP contribution in [0, 0.1) is 21.7 Å². The van der Waals surface area contributed by atoms with Crippen LogP contribution in [0.2, 0.25) is 0 Å². The number of aliphatic hydroxyl groups is 2. The summed E-state index contributed by atoms with van der Waals surface area (Å²) in [5.74, 6) is -4.38. The van der Waals surface area contributed by atoms with E-state index in [9.17, 15) is 28.8 Å². The van der Waals surface area contributed by atoms with Crippen molar-refractivity contribution in [1.82, 2.24) is 0 Å². The number of nitro groups is 1. The first kappa shape index (κ1) is 13.9. The normalized spacial score (nSPS) is 14.0. The first-order valence-electron chi connectivity index (χ1n) is 4.54. The van der Waals surface area contributed by atoms with Crippen LogP contribution >= 0.6 is 0 Å². The van der Waals surface area contributed by atoms with Gasteiger partial charge in [0, 0.05) is 0 Å². The molecule has 1 aromatic rings. The Morgan fingerprint density at radius 2 is 1.78 bits per heavy atom. The van der Waals surface area contributed by atoms with Crippen molar-refractivity contribution in [2.24, 2.45) is 5.73 Å². The number of nitro benzene ring substituents is 1. The van der Waals surface area contributed by atoms with Crippen LogP contribution in [0.3, 0.4) is 0 Å². The average molecular weight is 262 g/mol. The van der Waals surface area contributed by atoms with Crippen LogP contribution in [0.5, 0.6) is 0 Å². The second-order valence-corrected chi connectivity index (χ2v) is 3.38. The summed E-state index contributed by atoms with van der Waals surface area (Å²) >= 11 is 0. The molecular weight excluding hydrogens is 254 g/mol. The molecule has 9 heteroatoms. The predicted octanol–water partition coefficient (Wildman–Crippen LogP) is -0.247. The van der Waals surface area contributed by atoms with Gasteiger partial charge in [-0.1, -0.05) is 0 Å². The minimum Gasteiger partial charge on any atom is -0.385 e. The standard InChI is InChI=1S/C9H8F2N2O5/c10-4-1-3(7(14)8(15)9(12)16)2-5(11)6(4)13(17)18/h1-2,7-8,14-15H,(H2,12,16). The smallest absolute Gasteiger partial charge is 0.340 e. The minimum atomic E-state index is -2.08. The van der Waals surface area contributed by atoms with Crippen LogP contribution in [-0.2, 0) is 4.79 Å². The van der Waals surface area contributed by atoms with E-state index in [1.807, 2.05) is 0 Å². The van der Waals surface area contributed by atoms with Crippen molar-refractivity contribution >= 4 is 11.6 Å². The predicted molar refractivity (Wildman–Crippen MR) is 53.2 cm³/mol. The zero-order valence-corrected chi connectivity index (χ0v) is 8.71. The fourth-order valence-corrected chi connectivity index (χ4v) is 1.27. The highest BCUT2D eigenvalue weighted by molar-refractivity contribution is 5.79. The highest BCUT2D eigenvalue weighted by atomic mass is 19.1. The lowest BCUT2D eigenvalue weighted by atomic mass is 10.0. The molecule has 0 saturated carbocycles. The monoisotopic (exact) mass is 262 g/mol. The molecule has 2 unspecified atom stereocenters. The van der Waals surface area contributed by atoms with E-state index in [2.05, 4.69) is 5.73 Å². The van der Waals surface area contributed by atoms with Gasteiger partial charge in [-0.25, -0.2) is 0 Å². The number of primary amides is 1. The van der Waals surface area contributed by atoms with E-state index in [1.54, 1.807) is 0 Å². The lowest BCUT2D eigenvalue weighted by Crippen LogP contribution is -2.34. The van der Waals surface area contributed by atoms with Gasteiger partial charge >= 0.3 is 5.69 Å². The number of halogens is 2. The molecule has 0 radical (unpaired) electrons. The van der Waals surface area contributed by atoms with Crippen LogP contribution in [0.25, 0.3) is 0 Å². The number of hydrogen-bond donors (Lipinski definition) is 3. The highest BCUT2D eigenvalue weighted by Gasteiger charge is 2.28. The summed E-state index contributed by atoms with van der Waals surface area (Å²) in [4.78, 5) is 19.6. The van der Waals surface area contributed by atoms with E-state index in [-0.39, 0.29) is 0 Å². The van der Waals surface area contributed by atoms with Crippen LogP contribution in [0.15, 0.2) is 12.1 Å². The Hall–Kier alpha value is -2.13. The molecule has 0 aliphatic carbocycles. The van der Waals surface area contributed by atoms with Gasteiger partial charge in [-0.3, -0.25) is 14.9 Å². The molecule has 0 aromatic heterocycles. The van der Waals surface area contributed by atoms with Crippen molar-refractivity contribution in [2.45, 2.75) is 12.2 Å². The molecule has 2 atom stereocenters. The molecule has 0 bridgehead atoms. The number of amides is 1. The number of aliphatic hydroxyl groups excluding tert-OH is 2. The number of nitrogens with two attached hydrogens (primary N) is 1. The van der Waals surface area contributed by atoms with E-state index in [0.29, 0.717) is 12.1 Å². The Balaban J connectivity index is 3.22. The Bertz CT molecular complexity index is 485. The van der Waals surface area contributed by atoms with E-state index < -0.39 is 45.9 Å². The second kappa shape index (κ2) is 5.02. The number of nitrogens with zero attached hydrogens (tertiary/aromatic N) is 1. The van der Waals surface area contributed by atoms with Crippen LogP contribution in [-0.4, -0.2) is 27.1 Å². The molecule has 18 heavy (non-hydrogen) atoms. The fraction of sp³-hybridized carbons (Fsp3) is 0.222. The van der Waals surface area contributed by atoms with Crippen molar-refractivity contribution in [3.8, 4) is 0 Å². The molecule has 0 aliphatic heterocycles. The molecule has 0 fully saturated rings. The summed E-state index contributed by atoms with van der Waals surface area (Å²) in [6.45, 7) is 0. The maximum absolute atomic E-state index is 13.2. The van der Waals surface area contributed by atoms with Crippen molar-refractivity contribution in [3.05, 3.63) is 39.4 Å². The molecular formula is C9H8F2N2O5. The Morgan fingerprint density at radius 1 is 1.33 bits per heavy atom. The molecule has 0 heterocycles. The molecule has 1 amide bonds. The van der Waals surface area contributed by atoms with E-state index in [4.69, 9.17) is 5.11 Å². The second-order valence-electron chi connectivity index (χ2n) is 3.38. The first-order valence-corrected chi connectivity index (χ1v) is 4.54. The molecule has 7 nitrogen and oxygen atoms in total. The van der Waals surface area contributed by atoms with Crippen molar-refractivity contribution in [3.63, 3.8) is 0 Å². The van der Waals surface area contributed by atoms with Crippen LogP contribution in [0.4, 0.5) is 14.5 Å². The topological polar surface area (TPSA) is 127 Å². The van der Waals surface area contributed by atoms with Gasteiger partial charge in [0.15, 0.2) is 6.10 Å². The summed E-state index contributed by atoms with van der Waals surface area (Å²) < 4.78 is 26.4. The van der Waals surface area contributed by atoms with Crippen molar-refractivity contribution < 1.29 is 28.7 Å². The molecule has 1 aromatic carbocycles. The molecule has 0 saturated heterocycles. The van der Waals surface area contributed by atoms with Crippen LogP contribution in [0.1, 0.15) is 11.7 Å². The van der Waals surface area contributed by atoms with Crippen molar-refractivity contribution in [2.75, 3.05) is 0 Å². The summed E-state index contributed by atoms with van der Waals surface area (Å²) in [6, 6.07) is 0.885. The number of carbonyl (C=O) groups is 1. The Labute approximate surface area is 98.6 Å². The fourth-order valence-electron chi connectivity index (χ4n) is 1.27.